The van der Waals surface area contributed by atoms with Gasteiger partial charge in [0.05, 0.1) is 19.3 Å². The van der Waals surface area contributed by atoms with Crippen molar-refractivity contribution in [2.45, 2.75) is 32.4 Å². The number of hydrogen-bond donors (Lipinski definition) is 2. The van der Waals surface area contributed by atoms with E-state index in [2.05, 4.69) is 30.8 Å². The second kappa shape index (κ2) is 6.53. The van der Waals surface area contributed by atoms with Gasteiger partial charge in [0.25, 0.3) is 5.91 Å². The molecule has 8 heteroatoms. The second-order valence-electron chi connectivity index (χ2n) is 6.87. The maximum Gasteiger partial charge on any atom is 0.252 e. The van der Waals surface area contributed by atoms with Crippen LogP contribution in [0.1, 0.15) is 27.9 Å². The number of aromatic amines is 1. The van der Waals surface area contributed by atoms with Gasteiger partial charge < -0.3 is 10.1 Å². The minimum atomic E-state index is -0.00799. The number of carbonyl (C=O) groups is 1. The number of ether oxygens (including phenoxy) is 1. The van der Waals surface area contributed by atoms with E-state index >= 15 is 0 Å². The number of amides is 1. The van der Waals surface area contributed by atoms with Gasteiger partial charge >= 0.3 is 0 Å². The number of hydrogen-bond acceptors (Lipinski definition) is 6. The van der Waals surface area contributed by atoms with Gasteiger partial charge in [-0.2, -0.15) is 5.21 Å². The molecule has 0 radical (unpaired) electrons. The molecule has 2 saturated heterocycles. The van der Waals surface area contributed by atoms with Crippen LogP contribution >= 0.6 is 0 Å². The zero-order chi connectivity index (χ0) is 17.4. The Morgan fingerprint density at radius 3 is 2.68 bits per heavy atom. The minimum absolute atomic E-state index is 0.00799. The molecule has 0 aliphatic carbocycles. The molecule has 3 heterocycles. The lowest BCUT2D eigenvalue weighted by atomic mass is 9.98. The third-order valence-corrected chi connectivity index (χ3v) is 5.06. The van der Waals surface area contributed by atoms with Crippen LogP contribution in [0.2, 0.25) is 0 Å². The summed E-state index contributed by atoms with van der Waals surface area (Å²) in [7, 11) is 0. The van der Waals surface area contributed by atoms with Crippen LogP contribution in [0.5, 0.6) is 0 Å². The summed E-state index contributed by atoms with van der Waals surface area (Å²) in [5.74, 6) is 0.527. The van der Waals surface area contributed by atoms with Gasteiger partial charge in [-0.1, -0.05) is 0 Å². The fraction of sp³-hybridized carbons (Fsp3) is 0.529. The molecule has 2 aromatic rings. The molecule has 132 valence electrons. The molecule has 1 aromatic carbocycles. The fourth-order valence-electron chi connectivity index (χ4n) is 3.66. The number of benzene rings is 1. The van der Waals surface area contributed by atoms with Gasteiger partial charge in [0.1, 0.15) is 0 Å². The second-order valence-corrected chi connectivity index (χ2v) is 6.87. The van der Waals surface area contributed by atoms with Gasteiger partial charge in [0.2, 0.25) is 5.82 Å². The first kappa shape index (κ1) is 16.2. The van der Waals surface area contributed by atoms with Gasteiger partial charge in [0.15, 0.2) is 0 Å². The quantitative estimate of drug-likeness (QED) is 0.848. The summed E-state index contributed by atoms with van der Waals surface area (Å²) in [6.45, 7) is 7.44. The molecule has 2 aliphatic heterocycles. The van der Waals surface area contributed by atoms with Gasteiger partial charge in [0, 0.05) is 30.3 Å². The zero-order valence-corrected chi connectivity index (χ0v) is 14.5. The zero-order valence-electron chi connectivity index (χ0n) is 14.5. The van der Waals surface area contributed by atoms with Gasteiger partial charge in [-0.3, -0.25) is 9.69 Å². The molecular formula is C17H22N6O2. The van der Waals surface area contributed by atoms with Gasteiger partial charge in [-0.25, -0.2) is 0 Å². The number of rotatable bonds is 4. The van der Waals surface area contributed by atoms with Crippen LogP contribution in [0.25, 0.3) is 11.4 Å². The van der Waals surface area contributed by atoms with E-state index in [0.717, 1.165) is 55.0 Å². The molecule has 8 nitrogen and oxygen atoms in total. The van der Waals surface area contributed by atoms with Crippen LogP contribution < -0.4 is 5.32 Å². The van der Waals surface area contributed by atoms with Crippen LogP contribution in [0.15, 0.2) is 12.1 Å². The van der Waals surface area contributed by atoms with E-state index in [9.17, 15) is 4.79 Å². The molecule has 2 N–H and O–H groups in total. The Hall–Kier alpha value is -2.32. The summed E-state index contributed by atoms with van der Waals surface area (Å²) in [6, 6.07) is 4.59. The number of nitrogens with one attached hydrogen (secondary N) is 2. The lowest BCUT2D eigenvalue weighted by molar-refractivity contribution is -0.0574. The van der Waals surface area contributed by atoms with E-state index < -0.39 is 0 Å². The average Bonchev–Trinajstić information content (AvgIpc) is 3.16. The summed E-state index contributed by atoms with van der Waals surface area (Å²) in [5, 5.41) is 17.2. The molecule has 1 atom stereocenters. The molecule has 0 spiro atoms. The Kier molecular flexibility index (Phi) is 4.22. The van der Waals surface area contributed by atoms with Crippen molar-refractivity contribution in [3.8, 4) is 11.4 Å². The van der Waals surface area contributed by atoms with E-state index in [1.54, 1.807) is 0 Å². The van der Waals surface area contributed by atoms with Crippen molar-refractivity contribution < 1.29 is 9.53 Å². The van der Waals surface area contributed by atoms with Crippen LogP contribution in [-0.4, -0.2) is 69.8 Å². The Labute approximate surface area is 145 Å². The molecule has 25 heavy (non-hydrogen) atoms. The molecule has 0 saturated carbocycles. The highest BCUT2D eigenvalue weighted by molar-refractivity contribution is 5.97. The monoisotopic (exact) mass is 342 g/mol. The summed E-state index contributed by atoms with van der Waals surface area (Å²) in [6.07, 6.45) is 0.987. The number of nitrogens with zero attached hydrogens (tertiary/aromatic N) is 4. The summed E-state index contributed by atoms with van der Waals surface area (Å²) < 4.78 is 5.26. The third-order valence-electron chi connectivity index (χ3n) is 5.06. The number of carbonyl (C=O) groups excluding carboxylic acids is 1. The number of H-pyrrole nitrogens is 1. The van der Waals surface area contributed by atoms with E-state index in [0.29, 0.717) is 11.9 Å². The first-order valence-electron chi connectivity index (χ1n) is 8.59. The Bertz CT molecular complexity index is 748. The van der Waals surface area contributed by atoms with Crippen LogP contribution in [0.4, 0.5) is 0 Å². The summed E-state index contributed by atoms with van der Waals surface area (Å²) in [4.78, 5) is 15.2. The number of aromatic nitrogens is 4. The molecule has 2 aliphatic rings. The van der Waals surface area contributed by atoms with Gasteiger partial charge in [-0.05, 0) is 48.7 Å². The highest BCUT2D eigenvalue weighted by Gasteiger charge is 2.33. The Balaban J connectivity index is 1.47. The van der Waals surface area contributed by atoms with Crippen molar-refractivity contribution in [2.75, 3.05) is 26.3 Å². The maximum absolute atomic E-state index is 12.8. The fourth-order valence-corrected chi connectivity index (χ4v) is 3.66. The highest BCUT2D eigenvalue weighted by atomic mass is 16.5. The smallest absolute Gasteiger partial charge is 0.252 e. The molecule has 1 aromatic heterocycles. The standard InChI is InChI=1S/C17H22N6O2/c1-10-5-12(16-19-21-22-20-16)6-11(2)15(10)17(24)18-13-3-4-23(7-13)14-8-25-9-14/h5-6,13-14H,3-4,7-9H2,1-2H3,(H,18,24)(H,19,20,21,22). The SMILES string of the molecule is Cc1cc(-c2nn[nH]n2)cc(C)c1C(=O)NC1CCN(C2COC2)C1. The summed E-state index contributed by atoms with van der Waals surface area (Å²) >= 11 is 0. The lowest BCUT2D eigenvalue weighted by Crippen LogP contribution is -2.49. The number of aryl methyl sites for hydroxylation is 2. The van der Waals surface area contributed by atoms with Crippen molar-refractivity contribution >= 4 is 5.91 Å². The first-order chi connectivity index (χ1) is 12.1. The van der Waals surface area contributed by atoms with Gasteiger partial charge in [-0.15, -0.1) is 10.2 Å². The largest absolute Gasteiger partial charge is 0.378 e. The predicted octanol–water partition coefficient (Wildman–Crippen LogP) is 0.686. The highest BCUT2D eigenvalue weighted by Crippen LogP contribution is 2.23. The van der Waals surface area contributed by atoms with E-state index in [4.69, 9.17) is 4.74 Å². The Morgan fingerprint density at radius 2 is 2.08 bits per heavy atom. The van der Waals surface area contributed by atoms with Crippen molar-refractivity contribution in [3.63, 3.8) is 0 Å². The molecule has 2 fully saturated rings. The van der Waals surface area contributed by atoms with E-state index in [-0.39, 0.29) is 11.9 Å². The van der Waals surface area contributed by atoms with Crippen LogP contribution in [-0.2, 0) is 4.74 Å². The molecule has 4 rings (SSSR count). The van der Waals surface area contributed by atoms with Crippen molar-refractivity contribution in [1.29, 1.82) is 0 Å². The molecule has 1 unspecified atom stereocenters. The van der Waals surface area contributed by atoms with E-state index in [1.807, 2.05) is 26.0 Å². The molecule has 1 amide bonds. The van der Waals surface area contributed by atoms with E-state index in [1.165, 1.54) is 0 Å². The first-order valence-corrected chi connectivity index (χ1v) is 8.59. The summed E-state index contributed by atoms with van der Waals surface area (Å²) in [5.41, 5.74) is 3.43. The molecule has 0 bridgehead atoms. The van der Waals surface area contributed by atoms with Crippen molar-refractivity contribution in [2.24, 2.45) is 0 Å². The molecular weight excluding hydrogens is 320 g/mol. The minimum Gasteiger partial charge on any atom is -0.378 e. The number of likely N-dealkylation sites (tertiary alicyclic amines) is 1. The van der Waals surface area contributed by atoms with Crippen molar-refractivity contribution in [1.82, 2.24) is 30.8 Å². The predicted molar refractivity (Wildman–Crippen MR) is 91.1 cm³/mol. The Morgan fingerprint density at radius 1 is 1.32 bits per heavy atom. The topological polar surface area (TPSA) is 96.0 Å². The third kappa shape index (κ3) is 3.14. The maximum atomic E-state index is 12.8. The van der Waals surface area contributed by atoms with Crippen molar-refractivity contribution in [3.05, 3.63) is 28.8 Å². The number of tetrazole rings is 1. The normalized spacial score (nSPS) is 21.3. The van der Waals surface area contributed by atoms with Crippen LogP contribution in [0.3, 0.4) is 0 Å². The lowest BCUT2D eigenvalue weighted by Gasteiger charge is -2.34. The van der Waals surface area contributed by atoms with Crippen LogP contribution in [0, 0.1) is 13.8 Å². The average molecular weight is 342 g/mol.